The second-order valence-electron chi connectivity index (χ2n) is 16.2. The SMILES string of the molecule is CCCCCCCCCCCCCCCC(=O)O[C@H](COC(=O)CCCCCCCCCCCCCC)COC(=O)CCCCCCCCC(C)C. The molecule has 0 heterocycles. The number of ether oxygens (including phenoxy) is 3. The number of hydrogen-bond donors (Lipinski definition) is 0. The van der Waals surface area contributed by atoms with Crippen molar-refractivity contribution in [3.05, 3.63) is 0 Å². The molecule has 0 aliphatic rings. The third-order valence-corrected chi connectivity index (χ3v) is 10.3. The second-order valence-corrected chi connectivity index (χ2v) is 16.2. The zero-order chi connectivity index (χ0) is 38.2. The molecule has 0 aromatic carbocycles. The third-order valence-electron chi connectivity index (χ3n) is 10.3. The van der Waals surface area contributed by atoms with Crippen molar-refractivity contribution in [2.75, 3.05) is 13.2 Å². The fraction of sp³-hybridized carbons (Fsp3) is 0.935. The monoisotopic (exact) mass is 737 g/mol. The van der Waals surface area contributed by atoms with Gasteiger partial charge in [-0.2, -0.15) is 0 Å². The quantitative estimate of drug-likeness (QED) is 0.0353. The van der Waals surface area contributed by atoms with Crippen molar-refractivity contribution in [2.24, 2.45) is 5.92 Å². The van der Waals surface area contributed by atoms with E-state index >= 15 is 0 Å². The summed E-state index contributed by atoms with van der Waals surface area (Å²) in [6, 6.07) is 0. The number of esters is 3. The van der Waals surface area contributed by atoms with Crippen LogP contribution >= 0.6 is 0 Å². The average Bonchev–Trinajstić information content (AvgIpc) is 3.12. The van der Waals surface area contributed by atoms with Gasteiger partial charge in [-0.1, -0.05) is 214 Å². The van der Waals surface area contributed by atoms with Gasteiger partial charge in [0.05, 0.1) is 0 Å². The second kappa shape index (κ2) is 40.6. The molecule has 0 fully saturated rings. The van der Waals surface area contributed by atoms with Crippen molar-refractivity contribution >= 4 is 17.9 Å². The molecule has 6 nitrogen and oxygen atoms in total. The van der Waals surface area contributed by atoms with Gasteiger partial charge in [0.1, 0.15) is 13.2 Å². The van der Waals surface area contributed by atoms with Crippen LogP contribution in [0.5, 0.6) is 0 Å². The molecule has 1 atom stereocenters. The van der Waals surface area contributed by atoms with Crippen LogP contribution in [0.25, 0.3) is 0 Å². The lowest BCUT2D eigenvalue weighted by atomic mass is 10.0. The molecule has 0 saturated carbocycles. The molecule has 0 rings (SSSR count). The number of carbonyl (C=O) groups excluding carboxylic acids is 3. The lowest BCUT2D eigenvalue weighted by molar-refractivity contribution is -0.167. The van der Waals surface area contributed by atoms with E-state index in [2.05, 4.69) is 27.7 Å². The van der Waals surface area contributed by atoms with Crippen LogP contribution in [0, 0.1) is 5.92 Å². The Bertz CT molecular complexity index is 781. The summed E-state index contributed by atoms with van der Waals surface area (Å²) in [6.07, 6.45) is 39.5. The largest absolute Gasteiger partial charge is 0.462 e. The van der Waals surface area contributed by atoms with Gasteiger partial charge in [-0.15, -0.1) is 0 Å². The van der Waals surface area contributed by atoms with Crippen molar-refractivity contribution in [1.82, 2.24) is 0 Å². The molecule has 0 spiro atoms. The van der Waals surface area contributed by atoms with E-state index < -0.39 is 6.10 Å². The van der Waals surface area contributed by atoms with Gasteiger partial charge in [0.25, 0.3) is 0 Å². The number of carbonyl (C=O) groups is 3. The molecule has 52 heavy (non-hydrogen) atoms. The Morgan fingerprint density at radius 1 is 0.365 bits per heavy atom. The fourth-order valence-electron chi connectivity index (χ4n) is 6.80. The zero-order valence-corrected chi connectivity index (χ0v) is 35.3. The molecule has 0 amide bonds. The van der Waals surface area contributed by atoms with E-state index in [1.165, 1.54) is 148 Å². The molecule has 0 saturated heterocycles. The number of hydrogen-bond acceptors (Lipinski definition) is 6. The first-order chi connectivity index (χ1) is 25.4. The summed E-state index contributed by atoms with van der Waals surface area (Å²) in [7, 11) is 0. The molecule has 0 aliphatic carbocycles. The van der Waals surface area contributed by atoms with Gasteiger partial charge in [-0.25, -0.2) is 0 Å². The minimum Gasteiger partial charge on any atom is -0.462 e. The highest BCUT2D eigenvalue weighted by molar-refractivity contribution is 5.71. The van der Waals surface area contributed by atoms with Crippen LogP contribution in [0.2, 0.25) is 0 Å². The summed E-state index contributed by atoms with van der Waals surface area (Å²) in [5, 5.41) is 0. The molecule has 0 radical (unpaired) electrons. The Balaban J connectivity index is 4.32. The predicted molar refractivity (Wildman–Crippen MR) is 220 cm³/mol. The zero-order valence-electron chi connectivity index (χ0n) is 35.3. The van der Waals surface area contributed by atoms with Crippen LogP contribution in [0.15, 0.2) is 0 Å². The average molecular weight is 737 g/mol. The molecule has 0 unspecified atom stereocenters. The first-order valence-electron chi connectivity index (χ1n) is 22.9. The first-order valence-corrected chi connectivity index (χ1v) is 22.9. The van der Waals surface area contributed by atoms with Crippen molar-refractivity contribution in [2.45, 2.75) is 259 Å². The van der Waals surface area contributed by atoms with Crippen LogP contribution in [0.1, 0.15) is 252 Å². The third kappa shape index (κ3) is 39.6. The number of rotatable bonds is 41. The van der Waals surface area contributed by atoms with E-state index in [9.17, 15) is 14.4 Å². The van der Waals surface area contributed by atoms with Gasteiger partial charge < -0.3 is 14.2 Å². The molecule has 0 aromatic rings. The maximum Gasteiger partial charge on any atom is 0.306 e. The molecule has 0 aliphatic heterocycles. The van der Waals surface area contributed by atoms with Crippen LogP contribution in [-0.4, -0.2) is 37.2 Å². The minimum atomic E-state index is -0.759. The Morgan fingerprint density at radius 2 is 0.635 bits per heavy atom. The highest BCUT2D eigenvalue weighted by Crippen LogP contribution is 2.16. The summed E-state index contributed by atoms with van der Waals surface area (Å²) in [4.78, 5) is 37.6. The van der Waals surface area contributed by atoms with E-state index in [4.69, 9.17) is 14.2 Å². The van der Waals surface area contributed by atoms with Gasteiger partial charge >= 0.3 is 17.9 Å². The Hall–Kier alpha value is -1.59. The molecule has 0 bridgehead atoms. The molecule has 6 heteroatoms. The Kier molecular flexibility index (Phi) is 39.4. The van der Waals surface area contributed by atoms with Gasteiger partial charge in [0, 0.05) is 19.3 Å². The maximum atomic E-state index is 12.7. The van der Waals surface area contributed by atoms with Crippen molar-refractivity contribution in [1.29, 1.82) is 0 Å². The standard InChI is InChI=1S/C46H88O6/c1-5-7-9-11-13-15-17-19-21-23-25-31-35-39-46(49)52-43(41-51-45(48)38-34-30-27-26-28-32-36-42(3)4)40-50-44(47)37-33-29-24-22-20-18-16-14-12-10-8-6-2/h42-43H,5-41H2,1-4H3/t43-/m1/s1. The fourth-order valence-corrected chi connectivity index (χ4v) is 6.80. The summed E-state index contributed by atoms with van der Waals surface area (Å²) >= 11 is 0. The normalized spacial score (nSPS) is 11.9. The lowest BCUT2D eigenvalue weighted by Gasteiger charge is -2.18. The van der Waals surface area contributed by atoms with Crippen LogP contribution in [0.3, 0.4) is 0 Å². The lowest BCUT2D eigenvalue weighted by Crippen LogP contribution is -2.30. The van der Waals surface area contributed by atoms with E-state index in [0.29, 0.717) is 19.3 Å². The number of unbranched alkanes of at least 4 members (excludes halogenated alkanes) is 28. The smallest absolute Gasteiger partial charge is 0.306 e. The molecule has 0 aromatic heterocycles. The Morgan fingerprint density at radius 3 is 0.942 bits per heavy atom. The van der Waals surface area contributed by atoms with Crippen LogP contribution in [0.4, 0.5) is 0 Å². The molecule has 0 N–H and O–H groups in total. The van der Waals surface area contributed by atoms with E-state index in [-0.39, 0.29) is 31.1 Å². The van der Waals surface area contributed by atoms with Crippen molar-refractivity contribution in [3.63, 3.8) is 0 Å². The maximum absolute atomic E-state index is 12.7. The van der Waals surface area contributed by atoms with E-state index in [1.807, 2.05) is 0 Å². The topological polar surface area (TPSA) is 78.9 Å². The Labute approximate surface area is 323 Å². The van der Waals surface area contributed by atoms with Crippen LogP contribution in [-0.2, 0) is 28.6 Å². The predicted octanol–water partition coefficient (Wildman–Crippen LogP) is 14.3. The highest BCUT2D eigenvalue weighted by Gasteiger charge is 2.19. The van der Waals surface area contributed by atoms with Gasteiger partial charge in [-0.3, -0.25) is 14.4 Å². The molecular formula is C46H88O6. The van der Waals surface area contributed by atoms with Crippen molar-refractivity contribution in [3.8, 4) is 0 Å². The molecular weight excluding hydrogens is 648 g/mol. The van der Waals surface area contributed by atoms with E-state index in [0.717, 1.165) is 63.7 Å². The minimum absolute atomic E-state index is 0.0644. The summed E-state index contributed by atoms with van der Waals surface area (Å²) in [5.74, 6) is -0.0945. The van der Waals surface area contributed by atoms with Crippen molar-refractivity contribution < 1.29 is 28.6 Å². The highest BCUT2D eigenvalue weighted by atomic mass is 16.6. The van der Waals surface area contributed by atoms with Gasteiger partial charge in [0.15, 0.2) is 6.10 Å². The summed E-state index contributed by atoms with van der Waals surface area (Å²) in [6.45, 7) is 8.92. The summed E-state index contributed by atoms with van der Waals surface area (Å²) in [5.41, 5.74) is 0. The molecule has 308 valence electrons. The van der Waals surface area contributed by atoms with Crippen LogP contribution < -0.4 is 0 Å². The van der Waals surface area contributed by atoms with Gasteiger partial charge in [-0.05, 0) is 25.2 Å². The van der Waals surface area contributed by atoms with E-state index in [1.54, 1.807) is 0 Å². The van der Waals surface area contributed by atoms with Gasteiger partial charge in [0.2, 0.25) is 0 Å². The summed E-state index contributed by atoms with van der Waals surface area (Å²) < 4.78 is 16.7. The first kappa shape index (κ1) is 50.4.